The van der Waals surface area contributed by atoms with Gasteiger partial charge < -0.3 is 9.47 Å². The molecule has 9 nitrogen and oxygen atoms in total. The molecule has 1 aromatic heterocycles. The van der Waals surface area contributed by atoms with E-state index in [0.29, 0.717) is 21.8 Å². The lowest BCUT2D eigenvalue weighted by Crippen LogP contribution is -2.19. The van der Waals surface area contributed by atoms with Crippen LogP contribution in [0.25, 0.3) is 0 Å². The van der Waals surface area contributed by atoms with Crippen LogP contribution in [0.15, 0.2) is 29.2 Å². The standard InChI is InChI=1S/C9H11BN2O2S.C9H11BO5P/c1-5-4-12(9(15)11-8(5)13)7-3-2-6(10)14-7;1-12-8-4-2-3-7-5-13-16(11,14-6-10)15-9(7)8/h4,6-7H,2-3H2,1H3,(H,11,13,15);2-4,11H,5-6H2,1H3/q;+1/t6-,7?;/m0./s1. The molecule has 1 aromatic carbocycles. The van der Waals surface area contributed by atoms with Crippen molar-refractivity contribution >= 4 is 36.1 Å². The number of aryl methyl sites for hydroxylation is 1. The number of fused-ring (bicyclic) bond motifs is 1. The van der Waals surface area contributed by atoms with Crippen molar-refractivity contribution in [3.8, 4) is 11.5 Å². The third kappa shape index (κ3) is 5.77. The Kier molecular flexibility index (Phi) is 7.96. The molecule has 4 rings (SSSR count). The van der Waals surface area contributed by atoms with E-state index >= 15 is 0 Å². The monoisotopic (exact) mass is 463 g/mol. The van der Waals surface area contributed by atoms with Crippen LogP contribution < -0.4 is 14.8 Å². The van der Waals surface area contributed by atoms with E-state index in [9.17, 15) is 9.69 Å². The molecule has 2 aliphatic rings. The number of hydrogen-bond acceptors (Lipinski definition) is 8. The molecule has 3 atom stereocenters. The summed E-state index contributed by atoms with van der Waals surface area (Å²) in [7, 11) is 9.01. The Labute approximate surface area is 188 Å². The van der Waals surface area contributed by atoms with Crippen LogP contribution in [0.1, 0.15) is 30.2 Å². The smallest absolute Gasteiger partial charge is 0.493 e. The molecule has 0 bridgehead atoms. The fourth-order valence-electron chi connectivity index (χ4n) is 3.04. The molecule has 0 spiro atoms. The Morgan fingerprint density at radius 3 is 2.84 bits per heavy atom. The third-order valence-corrected chi connectivity index (χ3v) is 6.25. The molecule has 4 radical (unpaired) electrons. The van der Waals surface area contributed by atoms with Gasteiger partial charge in [0.05, 0.1) is 13.6 Å². The average Bonchev–Trinajstić information content (AvgIpc) is 3.16. The highest BCUT2D eigenvalue weighted by Gasteiger charge is 2.50. The van der Waals surface area contributed by atoms with Crippen LogP contribution in [0.5, 0.6) is 11.5 Å². The SMILES string of the molecule is [B]CO[P+]1(O)OCc2cccc(OC)c2O1.[B][C@@H]1CCC(n2cc(C)c(=O)[nH]c2=S)O1. The Bertz CT molecular complexity index is 1020. The lowest BCUT2D eigenvalue weighted by molar-refractivity contribution is 0.0353. The van der Waals surface area contributed by atoms with E-state index in [1.807, 2.05) is 12.1 Å². The van der Waals surface area contributed by atoms with Crippen molar-refractivity contribution in [2.75, 3.05) is 13.6 Å². The van der Waals surface area contributed by atoms with Crippen LogP contribution in [-0.2, 0) is 20.4 Å². The lowest BCUT2D eigenvalue weighted by Gasteiger charge is -2.22. The number of rotatable bonds is 4. The molecule has 13 heteroatoms. The molecule has 0 saturated carbocycles. The first kappa shape index (κ1) is 24.0. The van der Waals surface area contributed by atoms with Gasteiger partial charge in [-0.25, -0.2) is 0 Å². The summed E-state index contributed by atoms with van der Waals surface area (Å²) in [5, 5.41) is 0. The van der Waals surface area contributed by atoms with Crippen LogP contribution >= 0.6 is 20.4 Å². The predicted molar refractivity (Wildman–Crippen MR) is 119 cm³/mol. The maximum Gasteiger partial charge on any atom is 0.618 e. The van der Waals surface area contributed by atoms with Crippen molar-refractivity contribution in [1.82, 2.24) is 9.55 Å². The van der Waals surface area contributed by atoms with Gasteiger partial charge in [-0.05, 0) is 38.0 Å². The van der Waals surface area contributed by atoms with Gasteiger partial charge in [-0.3, -0.25) is 18.9 Å². The van der Waals surface area contributed by atoms with Gasteiger partial charge in [0.1, 0.15) is 28.5 Å². The van der Waals surface area contributed by atoms with Crippen LogP contribution in [0.4, 0.5) is 0 Å². The Hall–Kier alpha value is -1.68. The minimum Gasteiger partial charge on any atom is -0.493 e. The zero-order valence-electron chi connectivity index (χ0n) is 17.1. The number of nitrogens with one attached hydrogen (secondary N) is 1. The van der Waals surface area contributed by atoms with Gasteiger partial charge in [-0.2, -0.15) is 9.42 Å². The molecule has 1 saturated heterocycles. The third-order valence-electron chi connectivity index (χ3n) is 4.59. The largest absolute Gasteiger partial charge is 0.618 e. The van der Waals surface area contributed by atoms with Gasteiger partial charge in [0.15, 0.2) is 10.5 Å². The number of aromatic nitrogens is 2. The summed E-state index contributed by atoms with van der Waals surface area (Å²) in [5.74, 6) is 0.973. The molecule has 2 aliphatic heterocycles. The predicted octanol–water partition coefficient (Wildman–Crippen LogP) is 2.43. The summed E-state index contributed by atoms with van der Waals surface area (Å²) in [6, 6.07) is 5.14. The van der Waals surface area contributed by atoms with Crippen LogP contribution in [0, 0.1) is 11.7 Å². The lowest BCUT2D eigenvalue weighted by atomic mass is 9.98. The molecule has 3 heterocycles. The van der Waals surface area contributed by atoms with Crippen molar-refractivity contribution in [3.05, 3.63) is 50.6 Å². The fraction of sp³-hybridized carbons (Fsp3) is 0.444. The zero-order chi connectivity index (χ0) is 22.6. The second kappa shape index (κ2) is 10.3. The number of nitrogens with zero attached hydrogens (tertiary/aromatic N) is 1. The molecule has 162 valence electrons. The molecule has 0 amide bonds. The van der Waals surface area contributed by atoms with E-state index < -0.39 is 8.17 Å². The second-order valence-electron chi connectivity index (χ2n) is 6.76. The van der Waals surface area contributed by atoms with Gasteiger partial charge >= 0.3 is 8.17 Å². The summed E-state index contributed by atoms with van der Waals surface area (Å²) >= 11 is 5.06. The van der Waals surface area contributed by atoms with Gasteiger partial charge in [0.2, 0.25) is 5.75 Å². The van der Waals surface area contributed by atoms with E-state index in [4.69, 9.17) is 51.0 Å². The van der Waals surface area contributed by atoms with E-state index in [0.717, 1.165) is 18.4 Å². The number of ether oxygens (including phenoxy) is 2. The van der Waals surface area contributed by atoms with E-state index in [-0.39, 0.29) is 30.9 Å². The highest BCUT2D eigenvalue weighted by molar-refractivity contribution is 7.71. The first-order chi connectivity index (χ1) is 14.8. The first-order valence-corrected chi connectivity index (χ1v) is 11.4. The molecule has 1 fully saturated rings. The zero-order valence-corrected chi connectivity index (χ0v) is 18.9. The summed E-state index contributed by atoms with van der Waals surface area (Å²) in [4.78, 5) is 23.7. The maximum absolute atomic E-state index is 11.3. The van der Waals surface area contributed by atoms with Crippen molar-refractivity contribution in [3.63, 3.8) is 0 Å². The Morgan fingerprint density at radius 2 is 2.19 bits per heavy atom. The van der Waals surface area contributed by atoms with Crippen molar-refractivity contribution in [2.45, 2.75) is 38.6 Å². The molecule has 2 unspecified atom stereocenters. The molecular formula is C18H22B2N2O7PS+. The van der Waals surface area contributed by atoms with E-state index in [1.165, 1.54) is 7.11 Å². The van der Waals surface area contributed by atoms with Crippen molar-refractivity contribution in [1.29, 1.82) is 0 Å². The van der Waals surface area contributed by atoms with Crippen molar-refractivity contribution in [2.24, 2.45) is 0 Å². The summed E-state index contributed by atoms with van der Waals surface area (Å²) in [6.07, 6.45) is 3.19. The second-order valence-corrected chi connectivity index (χ2v) is 8.79. The number of H-pyrrole nitrogens is 1. The highest BCUT2D eigenvalue weighted by Crippen LogP contribution is 2.62. The Balaban J connectivity index is 0.000000176. The minimum atomic E-state index is -3.34. The Morgan fingerprint density at radius 1 is 1.42 bits per heavy atom. The van der Waals surface area contributed by atoms with Crippen LogP contribution in [0.2, 0.25) is 0 Å². The highest BCUT2D eigenvalue weighted by atomic mass is 32.1. The maximum atomic E-state index is 11.3. The van der Waals surface area contributed by atoms with E-state index in [2.05, 4.69) is 4.98 Å². The summed E-state index contributed by atoms with van der Waals surface area (Å²) in [6.45, 7) is 1.77. The molecule has 0 aliphatic carbocycles. The normalized spacial score (nSPS) is 24.5. The van der Waals surface area contributed by atoms with Crippen molar-refractivity contribution < 1.29 is 27.9 Å². The fourth-order valence-corrected chi connectivity index (χ4v) is 4.41. The van der Waals surface area contributed by atoms with Gasteiger partial charge in [0, 0.05) is 23.3 Å². The summed E-state index contributed by atoms with van der Waals surface area (Å²) in [5.41, 5.74) is 1.26. The van der Waals surface area contributed by atoms with Gasteiger partial charge in [0.25, 0.3) is 5.56 Å². The van der Waals surface area contributed by atoms with Crippen LogP contribution in [0.3, 0.4) is 0 Å². The minimum absolute atomic E-state index is 0.150. The summed E-state index contributed by atoms with van der Waals surface area (Å²) < 4.78 is 28.0. The number of benzene rings is 1. The number of methoxy groups -OCH3 is 1. The number of aromatic amines is 1. The number of para-hydroxylation sites is 1. The molecule has 31 heavy (non-hydrogen) atoms. The van der Waals surface area contributed by atoms with Crippen LogP contribution in [-0.4, -0.2) is 49.8 Å². The quantitative estimate of drug-likeness (QED) is 0.405. The molecule has 2 N–H and O–H groups in total. The van der Waals surface area contributed by atoms with Gasteiger partial charge in [-0.1, -0.05) is 12.1 Å². The molecule has 2 aromatic rings. The van der Waals surface area contributed by atoms with Gasteiger partial charge in [-0.15, -0.1) is 4.52 Å². The number of hydrogen-bond donors (Lipinski definition) is 2. The van der Waals surface area contributed by atoms with E-state index in [1.54, 1.807) is 23.8 Å². The first-order valence-electron chi connectivity index (χ1n) is 9.46. The average molecular weight is 463 g/mol. The topological polar surface area (TPSA) is 104 Å². The molecular weight excluding hydrogens is 441 g/mol.